The lowest BCUT2D eigenvalue weighted by atomic mass is 10.0. The molecule has 0 spiro atoms. The van der Waals surface area contributed by atoms with E-state index in [2.05, 4.69) is 34.1 Å². The Morgan fingerprint density at radius 3 is 2.41 bits per heavy atom. The first-order valence-electron chi connectivity index (χ1n) is 5.39. The molecule has 1 unspecified atom stereocenters. The van der Waals surface area contributed by atoms with Gasteiger partial charge in [-0.1, -0.05) is 58.4 Å². The molecule has 2 aromatic rings. The summed E-state index contributed by atoms with van der Waals surface area (Å²) in [5.41, 5.74) is 10.2. The number of alkyl halides is 2. The van der Waals surface area contributed by atoms with E-state index in [0.29, 0.717) is 0 Å². The van der Waals surface area contributed by atoms with Crippen molar-refractivity contribution in [3.63, 3.8) is 0 Å². The molecule has 88 valence electrons. The van der Waals surface area contributed by atoms with Crippen LogP contribution in [0.2, 0.25) is 0 Å². The van der Waals surface area contributed by atoms with Crippen molar-refractivity contribution in [2.24, 2.45) is 0 Å². The minimum atomic E-state index is -0.0514. The third-order valence-corrected chi connectivity index (χ3v) is 3.07. The maximum absolute atomic E-state index is 6.07. The third-order valence-electron chi connectivity index (χ3n) is 2.59. The van der Waals surface area contributed by atoms with Crippen molar-refractivity contribution in [3.05, 3.63) is 54.1 Å². The molecule has 1 nitrogen and oxygen atoms in total. The lowest BCUT2D eigenvalue weighted by Crippen LogP contribution is -1.97. The van der Waals surface area contributed by atoms with Gasteiger partial charge in [-0.3, -0.25) is 0 Å². The standard InChI is InChI=1S/C14H13BrClN/c15-14(16)9-10-6-7-12(13(17)8-10)11-4-2-1-3-5-11/h1-8,14H,9,17H2. The number of nitrogen functional groups attached to an aromatic ring is 1. The first-order valence-corrected chi connectivity index (χ1v) is 6.74. The maximum atomic E-state index is 6.07. The summed E-state index contributed by atoms with van der Waals surface area (Å²) in [7, 11) is 0. The molecule has 0 aliphatic heterocycles. The zero-order valence-electron chi connectivity index (χ0n) is 9.24. The third kappa shape index (κ3) is 3.24. The molecule has 1 atom stereocenters. The fraction of sp³-hybridized carbons (Fsp3) is 0.143. The van der Waals surface area contributed by atoms with Crippen molar-refractivity contribution in [2.45, 2.75) is 10.7 Å². The SMILES string of the molecule is Nc1cc(CC(Cl)Br)ccc1-c1ccccc1. The Labute approximate surface area is 115 Å². The van der Waals surface area contributed by atoms with Crippen molar-refractivity contribution in [1.29, 1.82) is 0 Å². The summed E-state index contributed by atoms with van der Waals surface area (Å²) < 4.78 is -0.0514. The second-order valence-electron chi connectivity index (χ2n) is 3.88. The van der Waals surface area contributed by atoms with E-state index >= 15 is 0 Å². The molecule has 2 N–H and O–H groups in total. The van der Waals surface area contributed by atoms with Crippen LogP contribution in [0.1, 0.15) is 5.56 Å². The van der Waals surface area contributed by atoms with E-state index in [-0.39, 0.29) is 4.29 Å². The molecule has 0 radical (unpaired) electrons. The van der Waals surface area contributed by atoms with E-state index in [1.165, 1.54) is 0 Å². The fourth-order valence-electron chi connectivity index (χ4n) is 1.80. The molecule has 0 amide bonds. The Morgan fingerprint density at radius 1 is 1.12 bits per heavy atom. The van der Waals surface area contributed by atoms with E-state index in [1.807, 2.05) is 30.3 Å². The summed E-state index contributed by atoms with van der Waals surface area (Å²) in [6, 6.07) is 16.2. The lowest BCUT2D eigenvalue weighted by Gasteiger charge is -2.09. The molecular weight excluding hydrogens is 298 g/mol. The number of rotatable bonds is 3. The molecule has 0 heterocycles. The Bertz CT molecular complexity index is 497. The molecule has 0 saturated carbocycles. The predicted molar refractivity (Wildman–Crippen MR) is 78.6 cm³/mol. The van der Waals surface area contributed by atoms with Crippen LogP contribution in [0.25, 0.3) is 11.1 Å². The number of hydrogen-bond donors (Lipinski definition) is 1. The number of benzene rings is 2. The van der Waals surface area contributed by atoms with E-state index in [1.54, 1.807) is 0 Å². The van der Waals surface area contributed by atoms with Gasteiger partial charge in [0.05, 0.1) is 4.29 Å². The fourth-order valence-corrected chi connectivity index (χ4v) is 2.35. The quantitative estimate of drug-likeness (QED) is 0.658. The van der Waals surface area contributed by atoms with Crippen LogP contribution < -0.4 is 5.73 Å². The second kappa shape index (κ2) is 5.56. The Morgan fingerprint density at radius 2 is 1.82 bits per heavy atom. The molecule has 0 bridgehead atoms. The van der Waals surface area contributed by atoms with Crippen LogP contribution in [0.5, 0.6) is 0 Å². The highest BCUT2D eigenvalue weighted by molar-refractivity contribution is 9.10. The van der Waals surface area contributed by atoms with Gasteiger partial charge in [-0.25, -0.2) is 0 Å². The Balaban J connectivity index is 2.32. The Hall–Kier alpha value is -0.990. The van der Waals surface area contributed by atoms with Crippen LogP contribution in [0.4, 0.5) is 5.69 Å². The largest absolute Gasteiger partial charge is 0.398 e. The first-order chi connectivity index (χ1) is 8.16. The van der Waals surface area contributed by atoms with Gasteiger partial charge in [0, 0.05) is 11.3 Å². The smallest absolute Gasteiger partial charge is 0.0926 e. The van der Waals surface area contributed by atoms with E-state index in [0.717, 1.165) is 28.8 Å². The van der Waals surface area contributed by atoms with Gasteiger partial charge in [0.15, 0.2) is 0 Å². The normalized spacial score (nSPS) is 12.4. The van der Waals surface area contributed by atoms with Crippen molar-refractivity contribution in [3.8, 4) is 11.1 Å². The molecule has 2 rings (SSSR count). The Kier molecular flexibility index (Phi) is 4.08. The van der Waals surface area contributed by atoms with Gasteiger partial charge in [-0.15, -0.1) is 11.6 Å². The van der Waals surface area contributed by atoms with Crippen LogP contribution >= 0.6 is 27.5 Å². The van der Waals surface area contributed by atoms with Gasteiger partial charge in [-0.05, 0) is 23.6 Å². The molecule has 0 saturated heterocycles. The van der Waals surface area contributed by atoms with Crippen LogP contribution in [0.3, 0.4) is 0 Å². The molecular formula is C14H13BrClN. The number of anilines is 1. The summed E-state index contributed by atoms with van der Waals surface area (Å²) >= 11 is 9.22. The molecule has 2 aromatic carbocycles. The molecule has 3 heteroatoms. The van der Waals surface area contributed by atoms with Crippen LogP contribution in [-0.4, -0.2) is 4.29 Å². The zero-order chi connectivity index (χ0) is 12.3. The van der Waals surface area contributed by atoms with Gasteiger partial charge in [-0.2, -0.15) is 0 Å². The minimum Gasteiger partial charge on any atom is -0.398 e. The minimum absolute atomic E-state index is 0.0514. The van der Waals surface area contributed by atoms with Crippen molar-refractivity contribution in [2.75, 3.05) is 5.73 Å². The van der Waals surface area contributed by atoms with E-state index in [4.69, 9.17) is 17.3 Å². The molecule has 17 heavy (non-hydrogen) atoms. The molecule has 0 aliphatic carbocycles. The van der Waals surface area contributed by atoms with Gasteiger partial charge >= 0.3 is 0 Å². The predicted octanol–water partition coefficient (Wildman–Crippen LogP) is 4.44. The van der Waals surface area contributed by atoms with Crippen molar-refractivity contribution < 1.29 is 0 Å². The highest BCUT2D eigenvalue weighted by Gasteiger charge is 2.05. The van der Waals surface area contributed by atoms with Crippen molar-refractivity contribution >= 4 is 33.2 Å². The number of nitrogens with two attached hydrogens (primary N) is 1. The lowest BCUT2D eigenvalue weighted by molar-refractivity contribution is 1.11. The van der Waals surface area contributed by atoms with Gasteiger partial charge in [0.25, 0.3) is 0 Å². The maximum Gasteiger partial charge on any atom is 0.0926 e. The van der Waals surface area contributed by atoms with Crippen molar-refractivity contribution in [1.82, 2.24) is 0 Å². The van der Waals surface area contributed by atoms with Gasteiger partial charge in [0.2, 0.25) is 0 Å². The zero-order valence-corrected chi connectivity index (χ0v) is 11.6. The van der Waals surface area contributed by atoms with E-state index < -0.39 is 0 Å². The number of hydrogen-bond acceptors (Lipinski definition) is 1. The highest BCUT2D eigenvalue weighted by Crippen LogP contribution is 2.27. The summed E-state index contributed by atoms with van der Waals surface area (Å²) in [4.78, 5) is 0. The summed E-state index contributed by atoms with van der Waals surface area (Å²) in [5, 5.41) is 0. The summed E-state index contributed by atoms with van der Waals surface area (Å²) in [6.45, 7) is 0. The van der Waals surface area contributed by atoms with E-state index in [9.17, 15) is 0 Å². The van der Waals surface area contributed by atoms with Gasteiger partial charge in [0.1, 0.15) is 0 Å². The molecule has 0 fully saturated rings. The molecule has 0 aromatic heterocycles. The first kappa shape index (κ1) is 12.5. The highest BCUT2D eigenvalue weighted by atomic mass is 79.9. The monoisotopic (exact) mass is 309 g/mol. The average Bonchev–Trinajstić information content (AvgIpc) is 2.29. The summed E-state index contributed by atoms with van der Waals surface area (Å²) in [5.74, 6) is 0. The van der Waals surface area contributed by atoms with Crippen LogP contribution in [-0.2, 0) is 6.42 Å². The topological polar surface area (TPSA) is 26.0 Å². The molecule has 0 aliphatic rings. The van der Waals surface area contributed by atoms with Gasteiger partial charge < -0.3 is 5.73 Å². The second-order valence-corrected chi connectivity index (χ2v) is 6.04. The van der Waals surface area contributed by atoms with Crippen LogP contribution in [0.15, 0.2) is 48.5 Å². The van der Waals surface area contributed by atoms with Crippen LogP contribution in [0, 0.1) is 0 Å². The summed E-state index contributed by atoms with van der Waals surface area (Å²) in [6.07, 6.45) is 0.765. The number of halogens is 2. The average molecular weight is 311 g/mol.